The molecule has 1 aliphatic rings. The molecule has 0 aliphatic carbocycles. The number of aliphatic hydroxyl groups excluding tert-OH is 1. The maximum atomic E-state index is 8.66. The van der Waals surface area contributed by atoms with E-state index in [9.17, 15) is 0 Å². The zero-order valence-corrected chi connectivity index (χ0v) is 6.45. The zero-order chi connectivity index (χ0) is 7.40. The van der Waals surface area contributed by atoms with E-state index in [1.165, 1.54) is 0 Å². The largest absolute Gasteiger partial charge is 0.395 e. The van der Waals surface area contributed by atoms with Crippen molar-refractivity contribution in [1.82, 2.24) is 10.2 Å². The quantitative estimate of drug-likeness (QED) is 0.554. The molecule has 0 saturated carbocycles. The van der Waals surface area contributed by atoms with Crippen LogP contribution in [0.4, 0.5) is 0 Å². The first-order valence-electron chi connectivity index (χ1n) is 3.82. The van der Waals surface area contributed by atoms with E-state index < -0.39 is 0 Å². The first-order chi connectivity index (χ1) is 4.84. The lowest BCUT2D eigenvalue weighted by molar-refractivity contribution is 0.134. The molecule has 1 aliphatic heterocycles. The molecule has 59 valence electrons. The van der Waals surface area contributed by atoms with E-state index >= 15 is 0 Å². The van der Waals surface area contributed by atoms with Crippen LogP contribution in [-0.4, -0.2) is 48.8 Å². The Balaban J connectivity index is 2.25. The van der Waals surface area contributed by atoms with Gasteiger partial charge in [-0.25, -0.2) is 5.32 Å². The van der Waals surface area contributed by atoms with Crippen molar-refractivity contribution >= 4 is 0 Å². The highest BCUT2D eigenvalue weighted by atomic mass is 16.3. The fraction of sp³-hybridized carbons (Fsp3) is 1.00. The van der Waals surface area contributed by atoms with Crippen LogP contribution in [0.3, 0.4) is 0 Å². The van der Waals surface area contributed by atoms with Crippen molar-refractivity contribution < 1.29 is 5.11 Å². The van der Waals surface area contributed by atoms with Crippen LogP contribution in [0.15, 0.2) is 0 Å². The van der Waals surface area contributed by atoms with Crippen molar-refractivity contribution in [3.8, 4) is 0 Å². The minimum absolute atomic E-state index is 0.268. The maximum absolute atomic E-state index is 8.66. The first kappa shape index (κ1) is 7.98. The van der Waals surface area contributed by atoms with E-state index in [1.54, 1.807) is 0 Å². The maximum Gasteiger partial charge on any atom is 0.0558 e. The van der Waals surface area contributed by atoms with Crippen molar-refractivity contribution in [1.29, 1.82) is 0 Å². The molecule has 0 aromatic carbocycles. The lowest BCUT2D eigenvalue weighted by Gasteiger charge is -2.32. The summed E-state index contributed by atoms with van der Waals surface area (Å²) in [5.74, 6) is 0. The summed E-state index contributed by atoms with van der Waals surface area (Å²) in [5.41, 5.74) is 0. The van der Waals surface area contributed by atoms with Crippen LogP contribution in [0.5, 0.6) is 0 Å². The van der Waals surface area contributed by atoms with Gasteiger partial charge in [0.15, 0.2) is 0 Å². The van der Waals surface area contributed by atoms with Crippen molar-refractivity contribution in [2.24, 2.45) is 0 Å². The van der Waals surface area contributed by atoms with Crippen LogP contribution in [0, 0.1) is 0 Å². The molecule has 1 unspecified atom stereocenters. The highest BCUT2D eigenvalue weighted by molar-refractivity contribution is 4.74. The average molecular weight is 143 g/mol. The second-order valence-electron chi connectivity index (χ2n) is 2.74. The summed E-state index contributed by atoms with van der Waals surface area (Å²) in [5, 5.41) is 12.9. The van der Waals surface area contributed by atoms with E-state index in [0.29, 0.717) is 6.04 Å². The average Bonchev–Trinajstić information content (AvgIpc) is 1.94. The Morgan fingerprint density at radius 2 is 2.50 bits per heavy atom. The molecule has 1 heterocycles. The fourth-order valence-corrected chi connectivity index (χ4v) is 1.27. The second-order valence-corrected chi connectivity index (χ2v) is 2.74. The van der Waals surface area contributed by atoms with Crippen LogP contribution in [0.25, 0.3) is 0 Å². The smallest absolute Gasteiger partial charge is 0.0558 e. The van der Waals surface area contributed by atoms with Crippen LogP contribution in [0.2, 0.25) is 0 Å². The Labute approximate surface area is 62.0 Å². The summed E-state index contributed by atoms with van der Waals surface area (Å²) < 4.78 is 0. The van der Waals surface area contributed by atoms with Gasteiger partial charge < -0.3 is 5.11 Å². The second kappa shape index (κ2) is 3.91. The molecule has 1 fully saturated rings. The Kier molecular flexibility index (Phi) is 3.12. The van der Waals surface area contributed by atoms with Gasteiger partial charge in [0.1, 0.15) is 0 Å². The molecule has 3 heteroatoms. The van der Waals surface area contributed by atoms with Crippen LogP contribution in [0.1, 0.15) is 6.92 Å². The third-order valence-electron chi connectivity index (χ3n) is 1.95. The van der Waals surface area contributed by atoms with E-state index in [1.807, 2.05) is 0 Å². The van der Waals surface area contributed by atoms with Gasteiger partial charge in [-0.3, -0.25) is 4.90 Å². The molecule has 1 N–H and O–H groups in total. The van der Waals surface area contributed by atoms with Crippen LogP contribution >= 0.6 is 0 Å². The molecule has 0 amide bonds. The molecular weight excluding hydrogens is 128 g/mol. The minimum Gasteiger partial charge on any atom is -0.395 e. The number of hydrogen-bond donors (Lipinski definition) is 1. The first-order valence-corrected chi connectivity index (χ1v) is 3.82. The van der Waals surface area contributed by atoms with Crippen LogP contribution < -0.4 is 5.32 Å². The van der Waals surface area contributed by atoms with E-state index in [0.717, 1.165) is 26.2 Å². The van der Waals surface area contributed by atoms with E-state index in [4.69, 9.17) is 5.11 Å². The number of aliphatic hydroxyl groups is 1. The third-order valence-corrected chi connectivity index (χ3v) is 1.95. The standard InChI is InChI=1S/C7H15N2O/c1-7-6-8-2-3-9(7)4-5-10/h7,10H,2-6H2,1H3. The van der Waals surface area contributed by atoms with Gasteiger partial charge in [0, 0.05) is 32.2 Å². The molecule has 1 atom stereocenters. The molecule has 3 nitrogen and oxygen atoms in total. The SMILES string of the molecule is CC1C[N]CCN1CCO. The van der Waals surface area contributed by atoms with Gasteiger partial charge >= 0.3 is 0 Å². The topological polar surface area (TPSA) is 37.6 Å². The van der Waals surface area contributed by atoms with Gasteiger partial charge in [0.05, 0.1) is 6.61 Å². The van der Waals surface area contributed by atoms with Gasteiger partial charge in [-0.2, -0.15) is 0 Å². The molecule has 1 radical (unpaired) electrons. The molecule has 0 aromatic rings. The normalized spacial score (nSPS) is 28.8. The molecule has 1 saturated heterocycles. The molecule has 0 bridgehead atoms. The van der Waals surface area contributed by atoms with Gasteiger partial charge in [-0.15, -0.1) is 0 Å². The third kappa shape index (κ3) is 1.94. The van der Waals surface area contributed by atoms with Crippen molar-refractivity contribution in [2.75, 3.05) is 32.8 Å². The number of piperazine rings is 1. The van der Waals surface area contributed by atoms with Crippen molar-refractivity contribution in [2.45, 2.75) is 13.0 Å². The zero-order valence-electron chi connectivity index (χ0n) is 6.45. The Hall–Kier alpha value is -0.120. The molecule has 10 heavy (non-hydrogen) atoms. The summed E-state index contributed by atoms with van der Waals surface area (Å²) in [4.78, 5) is 2.27. The predicted molar refractivity (Wildman–Crippen MR) is 40.0 cm³/mol. The lowest BCUT2D eigenvalue weighted by atomic mass is 10.2. The Bertz CT molecular complexity index is 95.6. The predicted octanol–water partition coefficient (Wildman–Crippen LogP) is -0.713. The highest BCUT2D eigenvalue weighted by Crippen LogP contribution is 2.01. The van der Waals surface area contributed by atoms with Crippen molar-refractivity contribution in [3.05, 3.63) is 0 Å². The highest BCUT2D eigenvalue weighted by Gasteiger charge is 2.16. The monoisotopic (exact) mass is 143 g/mol. The Morgan fingerprint density at radius 3 is 3.10 bits per heavy atom. The Morgan fingerprint density at radius 1 is 1.70 bits per heavy atom. The van der Waals surface area contributed by atoms with Gasteiger partial charge in [0.2, 0.25) is 0 Å². The number of hydrogen-bond acceptors (Lipinski definition) is 2. The summed E-state index contributed by atoms with van der Waals surface area (Å²) in [6, 6.07) is 0.529. The minimum atomic E-state index is 0.268. The molecule has 1 rings (SSSR count). The molecule has 0 spiro atoms. The number of rotatable bonds is 2. The summed E-state index contributed by atoms with van der Waals surface area (Å²) in [6.45, 7) is 6.10. The van der Waals surface area contributed by atoms with Crippen molar-refractivity contribution in [3.63, 3.8) is 0 Å². The number of nitrogens with zero attached hydrogens (tertiary/aromatic N) is 2. The number of β-amino-alcohol motifs (C(OH)–C–C–N with tert-alkyl or cyclic N) is 1. The van der Waals surface area contributed by atoms with E-state index in [2.05, 4.69) is 17.1 Å². The fourth-order valence-electron chi connectivity index (χ4n) is 1.27. The lowest BCUT2D eigenvalue weighted by Crippen LogP contribution is -2.47. The van der Waals surface area contributed by atoms with Gasteiger partial charge in [-0.1, -0.05) is 0 Å². The summed E-state index contributed by atoms with van der Waals surface area (Å²) in [7, 11) is 0. The van der Waals surface area contributed by atoms with Gasteiger partial charge in [-0.05, 0) is 6.92 Å². The summed E-state index contributed by atoms with van der Waals surface area (Å²) >= 11 is 0. The summed E-state index contributed by atoms with van der Waals surface area (Å²) in [6.07, 6.45) is 0. The van der Waals surface area contributed by atoms with Crippen LogP contribution in [-0.2, 0) is 0 Å². The molecular formula is C7H15N2O. The van der Waals surface area contributed by atoms with E-state index in [-0.39, 0.29) is 6.61 Å². The molecule has 0 aromatic heterocycles. The van der Waals surface area contributed by atoms with Gasteiger partial charge in [0.25, 0.3) is 0 Å².